The number of rotatable bonds is 4. The molecule has 0 spiro atoms. The predicted molar refractivity (Wildman–Crippen MR) is 44.3 cm³/mol. The van der Waals surface area contributed by atoms with Gasteiger partial charge in [-0.15, -0.1) is 0 Å². The number of nitrogens with zero attached hydrogens (tertiary/aromatic N) is 1. The summed E-state index contributed by atoms with van der Waals surface area (Å²) in [5.74, 6) is -0.237. The van der Waals surface area contributed by atoms with Crippen molar-refractivity contribution in [1.82, 2.24) is 4.90 Å². The molecule has 3 heteroatoms. The van der Waals surface area contributed by atoms with Crippen LogP contribution in [-0.2, 0) is 9.53 Å². The molecule has 0 aliphatic rings. The Morgan fingerprint density at radius 1 is 1.45 bits per heavy atom. The minimum atomic E-state index is -0.237. The second-order valence-electron chi connectivity index (χ2n) is 2.54. The first kappa shape index (κ1) is 10.2. The zero-order valence-electron chi connectivity index (χ0n) is 7.33. The van der Waals surface area contributed by atoms with Gasteiger partial charge in [0.25, 0.3) is 0 Å². The van der Waals surface area contributed by atoms with Crippen LogP contribution in [0.15, 0.2) is 12.2 Å². The van der Waals surface area contributed by atoms with Crippen LogP contribution in [-0.4, -0.2) is 38.1 Å². The first-order chi connectivity index (χ1) is 5.13. The summed E-state index contributed by atoms with van der Waals surface area (Å²) in [5, 5.41) is 0. The fourth-order valence-corrected chi connectivity index (χ4v) is 0.519. The molecule has 0 aromatic carbocycles. The molecule has 0 heterocycles. The van der Waals surface area contributed by atoms with Crippen LogP contribution < -0.4 is 0 Å². The van der Waals surface area contributed by atoms with Crippen LogP contribution in [0, 0.1) is 0 Å². The molecule has 0 rings (SSSR count). The molecule has 0 fully saturated rings. The Hall–Kier alpha value is -0.830. The largest absolute Gasteiger partial charge is 0.462 e. The zero-order valence-corrected chi connectivity index (χ0v) is 7.33. The van der Waals surface area contributed by atoms with Gasteiger partial charge in [-0.05, 0) is 20.2 Å². The summed E-state index contributed by atoms with van der Waals surface area (Å²) < 4.78 is 4.68. The molecule has 64 valence electrons. The fraction of sp³-hybridized carbons (Fsp3) is 0.625. The number of ether oxygens (including phenoxy) is 1. The molecule has 0 aromatic rings. The molecular formula is C8H15NO2. The van der Waals surface area contributed by atoms with Crippen LogP contribution in [0.3, 0.4) is 0 Å². The van der Waals surface area contributed by atoms with E-state index >= 15 is 0 Å². The van der Waals surface area contributed by atoms with Gasteiger partial charge in [0.05, 0.1) is 0 Å². The van der Waals surface area contributed by atoms with Crippen molar-refractivity contribution in [3.05, 3.63) is 12.2 Å². The van der Waals surface area contributed by atoms with Crippen molar-refractivity contribution < 1.29 is 9.53 Å². The molecule has 0 aliphatic carbocycles. The number of likely N-dealkylation sites (N-methyl/N-ethyl adjacent to an activating group) is 1. The highest BCUT2D eigenvalue weighted by atomic mass is 16.5. The van der Waals surface area contributed by atoms with E-state index in [4.69, 9.17) is 0 Å². The smallest absolute Gasteiger partial charge is 0.302 e. The van der Waals surface area contributed by atoms with Gasteiger partial charge in [0.15, 0.2) is 0 Å². The number of carbonyl (C=O) groups is 1. The third kappa shape index (κ3) is 9.17. The maximum absolute atomic E-state index is 10.3. The average Bonchev–Trinajstić information content (AvgIpc) is 1.85. The van der Waals surface area contributed by atoms with Crippen molar-refractivity contribution in [2.24, 2.45) is 0 Å². The molecule has 0 radical (unpaired) electrons. The lowest BCUT2D eigenvalue weighted by Crippen LogP contribution is -2.10. The summed E-state index contributed by atoms with van der Waals surface area (Å²) >= 11 is 0. The maximum atomic E-state index is 10.3. The lowest BCUT2D eigenvalue weighted by molar-refractivity contribution is -0.139. The van der Waals surface area contributed by atoms with Crippen molar-refractivity contribution >= 4 is 5.97 Å². The van der Waals surface area contributed by atoms with Crippen molar-refractivity contribution in [3.63, 3.8) is 0 Å². The van der Waals surface area contributed by atoms with Crippen molar-refractivity contribution in [2.45, 2.75) is 6.92 Å². The van der Waals surface area contributed by atoms with Crippen LogP contribution in [0.5, 0.6) is 0 Å². The Bertz CT molecular complexity index is 141. The van der Waals surface area contributed by atoms with Gasteiger partial charge in [-0.25, -0.2) is 0 Å². The monoisotopic (exact) mass is 157 g/mol. The average molecular weight is 157 g/mol. The van der Waals surface area contributed by atoms with Crippen LogP contribution in [0.2, 0.25) is 0 Å². The molecule has 0 atom stereocenters. The van der Waals surface area contributed by atoms with Gasteiger partial charge in [-0.2, -0.15) is 0 Å². The van der Waals surface area contributed by atoms with Gasteiger partial charge in [0.1, 0.15) is 6.61 Å². The van der Waals surface area contributed by atoms with Crippen molar-refractivity contribution in [1.29, 1.82) is 0 Å². The topological polar surface area (TPSA) is 29.5 Å². The van der Waals surface area contributed by atoms with Gasteiger partial charge in [0.2, 0.25) is 0 Å². The molecule has 3 nitrogen and oxygen atoms in total. The van der Waals surface area contributed by atoms with E-state index in [2.05, 4.69) is 4.74 Å². The van der Waals surface area contributed by atoms with Gasteiger partial charge >= 0.3 is 5.97 Å². The Morgan fingerprint density at radius 2 is 2.09 bits per heavy atom. The highest BCUT2D eigenvalue weighted by Gasteiger charge is 1.86. The summed E-state index contributed by atoms with van der Waals surface area (Å²) in [4.78, 5) is 12.3. The first-order valence-corrected chi connectivity index (χ1v) is 3.56. The second kappa shape index (κ2) is 5.92. The van der Waals surface area contributed by atoms with E-state index in [0.29, 0.717) is 6.61 Å². The molecule has 0 amide bonds. The number of carbonyl (C=O) groups excluding carboxylic acids is 1. The van der Waals surface area contributed by atoms with Crippen LogP contribution in [0.4, 0.5) is 0 Å². The van der Waals surface area contributed by atoms with E-state index in [1.807, 2.05) is 31.1 Å². The Balaban J connectivity index is 3.23. The molecule has 0 N–H and O–H groups in total. The SMILES string of the molecule is CC(=O)OCC=CCN(C)C. The van der Waals surface area contributed by atoms with Gasteiger partial charge in [0, 0.05) is 13.5 Å². The number of hydrogen-bond acceptors (Lipinski definition) is 3. The van der Waals surface area contributed by atoms with Gasteiger partial charge in [-0.3, -0.25) is 4.79 Å². The quantitative estimate of drug-likeness (QED) is 0.443. The molecule has 0 unspecified atom stereocenters. The molecular weight excluding hydrogens is 142 g/mol. The predicted octanol–water partition coefficient (Wildman–Crippen LogP) is 0.667. The second-order valence-corrected chi connectivity index (χ2v) is 2.54. The molecule has 0 saturated heterocycles. The lowest BCUT2D eigenvalue weighted by atomic mass is 10.5. The van der Waals surface area contributed by atoms with Crippen LogP contribution >= 0.6 is 0 Å². The number of esters is 1. The maximum Gasteiger partial charge on any atom is 0.302 e. The third-order valence-electron chi connectivity index (χ3n) is 1.02. The standard InChI is InChI=1S/C8H15NO2/c1-8(10)11-7-5-4-6-9(2)3/h4-5H,6-7H2,1-3H3. The summed E-state index contributed by atoms with van der Waals surface area (Å²) in [6.45, 7) is 2.66. The zero-order chi connectivity index (χ0) is 8.69. The van der Waals surface area contributed by atoms with E-state index in [0.717, 1.165) is 6.54 Å². The van der Waals surface area contributed by atoms with E-state index in [1.54, 1.807) is 0 Å². The fourth-order valence-electron chi connectivity index (χ4n) is 0.519. The van der Waals surface area contributed by atoms with Crippen molar-refractivity contribution in [2.75, 3.05) is 27.2 Å². The minimum absolute atomic E-state index is 0.237. The minimum Gasteiger partial charge on any atom is -0.462 e. The van der Waals surface area contributed by atoms with E-state index in [9.17, 15) is 4.79 Å². The lowest BCUT2D eigenvalue weighted by Gasteiger charge is -2.03. The van der Waals surface area contributed by atoms with E-state index in [-0.39, 0.29) is 5.97 Å². The van der Waals surface area contributed by atoms with Gasteiger partial charge in [-0.1, -0.05) is 6.08 Å². The third-order valence-corrected chi connectivity index (χ3v) is 1.02. The Morgan fingerprint density at radius 3 is 2.55 bits per heavy atom. The normalized spacial score (nSPS) is 10.9. The van der Waals surface area contributed by atoms with Crippen molar-refractivity contribution in [3.8, 4) is 0 Å². The van der Waals surface area contributed by atoms with Crippen LogP contribution in [0.25, 0.3) is 0 Å². The Labute approximate surface area is 67.6 Å². The summed E-state index contributed by atoms with van der Waals surface area (Å²) in [7, 11) is 3.96. The molecule has 0 aromatic heterocycles. The molecule has 0 aliphatic heterocycles. The van der Waals surface area contributed by atoms with E-state index < -0.39 is 0 Å². The Kier molecular flexibility index (Phi) is 5.47. The molecule has 11 heavy (non-hydrogen) atoms. The molecule has 0 bridgehead atoms. The first-order valence-electron chi connectivity index (χ1n) is 3.56. The number of hydrogen-bond donors (Lipinski definition) is 0. The van der Waals surface area contributed by atoms with Gasteiger partial charge < -0.3 is 9.64 Å². The van der Waals surface area contributed by atoms with E-state index in [1.165, 1.54) is 6.92 Å². The summed E-state index contributed by atoms with van der Waals surface area (Å²) in [6.07, 6.45) is 3.80. The highest BCUT2D eigenvalue weighted by Crippen LogP contribution is 1.80. The summed E-state index contributed by atoms with van der Waals surface area (Å²) in [6, 6.07) is 0. The molecule has 0 saturated carbocycles. The summed E-state index contributed by atoms with van der Waals surface area (Å²) in [5.41, 5.74) is 0. The van der Waals surface area contributed by atoms with Crippen LogP contribution in [0.1, 0.15) is 6.92 Å². The highest BCUT2D eigenvalue weighted by molar-refractivity contribution is 5.65.